The molecule has 0 saturated heterocycles. The van der Waals surface area contributed by atoms with Gasteiger partial charge in [0.25, 0.3) is 5.91 Å². The average Bonchev–Trinajstić information content (AvgIpc) is 2.60. The third kappa shape index (κ3) is 5.98. The lowest BCUT2D eigenvalue weighted by atomic mass is 10.1. The molecule has 0 radical (unpaired) electrons. The monoisotopic (exact) mass is 354 g/mol. The van der Waals surface area contributed by atoms with Crippen LogP contribution in [0.3, 0.4) is 0 Å². The number of aromatic nitrogens is 1. The van der Waals surface area contributed by atoms with Gasteiger partial charge in [-0.2, -0.15) is 13.2 Å². The van der Waals surface area contributed by atoms with Crippen molar-refractivity contribution in [3.63, 3.8) is 0 Å². The number of rotatable bonds is 7. The van der Waals surface area contributed by atoms with Crippen LogP contribution in [0.1, 0.15) is 15.9 Å². The molecule has 8 heteroatoms. The van der Waals surface area contributed by atoms with Gasteiger partial charge in [0.05, 0.1) is 12.7 Å². The number of carbonyl (C=O) groups excluding carboxylic acids is 1. The molecule has 0 aliphatic heterocycles. The average molecular weight is 354 g/mol. The van der Waals surface area contributed by atoms with Gasteiger partial charge in [-0.25, -0.2) is 4.98 Å². The van der Waals surface area contributed by atoms with Crippen LogP contribution in [0.25, 0.3) is 0 Å². The summed E-state index contributed by atoms with van der Waals surface area (Å²) in [5.41, 5.74) is 1.19. The largest absolute Gasteiger partial charge is 0.496 e. The molecule has 5 nitrogen and oxygen atoms in total. The molecule has 25 heavy (non-hydrogen) atoms. The number of nitrogens with one attached hydrogen (secondary N) is 1. The van der Waals surface area contributed by atoms with Crippen molar-refractivity contribution in [3.8, 4) is 11.6 Å². The fraction of sp³-hybridized carbons (Fsp3) is 0.294. The number of carbonyl (C=O) groups is 1. The van der Waals surface area contributed by atoms with E-state index in [0.717, 1.165) is 11.3 Å². The predicted molar refractivity (Wildman–Crippen MR) is 84.8 cm³/mol. The van der Waals surface area contributed by atoms with Crippen molar-refractivity contribution in [2.45, 2.75) is 12.6 Å². The van der Waals surface area contributed by atoms with E-state index in [-0.39, 0.29) is 17.4 Å². The highest BCUT2D eigenvalue weighted by Crippen LogP contribution is 2.18. The maximum Gasteiger partial charge on any atom is 0.422 e. The summed E-state index contributed by atoms with van der Waals surface area (Å²) < 4.78 is 45.9. The number of pyridine rings is 1. The van der Waals surface area contributed by atoms with Crippen molar-refractivity contribution in [2.75, 3.05) is 20.3 Å². The van der Waals surface area contributed by atoms with Gasteiger partial charge in [-0.05, 0) is 24.1 Å². The van der Waals surface area contributed by atoms with Gasteiger partial charge in [0.1, 0.15) is 5.75 Å². The molecular formula is C17H17F3N2O3. The smallest absolute Gasteiger partial charge is 0.422 e. The van der Waals surface area contributed by atoms with Crippen molar-refractivity contribution in [1.29, 1.82) is 0 Å². The molecule has 2 aromatic rings. The molecule has 134 valence electrons. The number of hydrogen-bond acceptors (Lipinski definition) is 4. The second kappa shape index (κ2) is 8.36. The normalized spacial score (nSPS) is 11.0. The summed E-state index contributed by atoms with van der Waals surface area (Å²) in [6.45, 7) is -1.05. The standard InChI is InChI=1S/C17H17F3N2O3/c1-24-14-5-3-2-4-12(14)8-9-21-16(23)13-6-7-15(22-10-13)25-11-17(18,19)20/h2-7,10H,8-9,11H2,1H3,(H,21,23). The van der Waals surface area contributed by atoms with Crippen molar-refractivity contribution >= 4 is 5.91 Å². The first-order valence-electron chi connectivity index (χ1n) is 7.45. The minimum atomic E-state index is -4.43. The second-order valence-corrected chi connectivity index (χ2v) is 5.11. The van der Waals surface area contributed by atoms with E-state index in [1.54, 1.807) is 7.11 Å². The molecule has 0 fully saturated rings. The van der Waals surface area contributed by atoms with E-state index >= 15 is 0 Å². The van der Waals surface area contributed by atoms with Gasteiger partial charge < -0.3 is 14.8 Å². The van der Waals surface area contributed by atoms with Gasteiger partial charge in [0.2, 0.25) is 5.88 Å². The third-order valence-corrected chi connectivity index (χ3v) is 3.25. The summed E-state index contributed by atoms with van der Waals surface area (Å²) in [6, 6.07) is 10.1. The lowest BCUT2D eigenvalue weighted by Crippen LogP contribution is -2.26. The van der Waals surface area contributed by atoms with E-state index in [0.29, 0.717) is 13.0 Å². The Balaban J connectivity index is 1.84. The molecule has 0 spiro atoms. The SMILES string of the molecule is COc1ccccc1CCNC(=O)c1ccc(OCC(F)(F)F)nc1. The second-order valence-electron chi connectivity index (χ2n) is 5.11. The Labute approximate surface area is 142 Å². The minimum absolute atomic E-state index is 0.192. The van der Waals surface area contributed by atoms with Crippen molar-refractivity contribution < 1.29 is 27.4 Å². The minimum Gasteiger partial charge on any atom is -0.496 e. The first kappa shape index (κ1) is 18.6. The number of hydrogen-bond donors (Lipinski definition) is 1. The number of amides is 1. The first-order valence-corrected chi connectivity index (χ1v) is 7.45. The molecule has 0 unspecified atom stereocenters. The lowest BCUT2D eigenvalue weighted by molar-refractivity contribution is -0.154. The fourth-order valence-corrected chi connectivity index (χ4v) is 2.08. The van der Waals surface area contributed by atoms with Crippen molar-refractivity contribution in [1.82, 2.24) is 10.3 Å². The van der Waals surface area contributed by atoms with Gasteiger partial charge in [-0.3, -0.25) is 4.79 Å². The Kier molecular flexibility index (Phi) is 6.21. The van der Waals surface area contributed by atoms with Crippen LogP contribution >= 0.6 is 0 Å². The molecule has 1 aromatic carbocycles. The molecule has 2 rings (SSSR count). The molecule has 1 aromatic heterocycles. The summed E-state index contributed by atoms with van der Waals surface area (Å²) in [6.07, 6.45) is -2.68. The number of nitrogens with zero attached hydrogens (tertiary/aromatic N) is 1. The molecular weight excluding hydrogens is 337 g/mol. The highest BCUT2D eigenvalue weighted by atomic mass is 19.4. The molecule has 1 heterocycles. The van der Waals surface area contributed by atoms with Crippen LogP contribution in [0.5, 0.6) is 11.6 Å². The third-order valence-electron chi connectivity index (χ3n) is 3.25. The van der Waals surface area contributed by atoms with Crippen LogP contribution in [-0.2, 0) is 6.42 Å². The number of para-hydroxylation sites is 1. The van der Waals surface area contributed by atoms with Gasteiger partial charge in [0, 0.05) is 18.8 Å². The van der Waals surface area contributed by atoms with E-state index < -0.39 is 12.8 Å². The zero-order valence-corrected chi connectivity index (χ0v) is 13.5. The Hall–Kier alpha value is -2.77. The Bertz CT molecular complexity index is 703. The maximum atomic E-state index is 12.1. The highest BCUT2D eigenvalue weighted by molar-refractivity contribution is 5.93. The summed E-state index contributed by atoms with van der Waals surface area (Å²) in [5.74, 6) is 0.178. The van der Waals surface area contributed by atoms with Crippen LogP contribution in [0.4, 0.5) is 13.2 Å². The van der Waals surface area contributed by atoms with Crippen LogP contribution in [0.15, 0.2) is 42.6 Å². The summed E-state index contributed by atoms with van der Waals surface area (Å²) >= 11 is 0. The van der Waals surface area contributed by atoms with E-state index in [1.165, 1.54) is 18.3 Å². The first-order chi connectivity index (χ1) is 11.9. The molecule has 1 amide bonds. The van der Waals surface area contributed by atoms with Crippen LogP contribution in [0, 0.1) is 0 Å². The van der Waals surface area contributed by atoms with Gasteiger partial charge in [0.15, 0.2) is 6.61 Å². The van der Waals surface area contributed by atoms with E-state index in [4.69, 9.17) is 4.74 Å². The molecule has 0 aliphatic rings. The van der Waals surface area contributed by atoms with Crippen molar-refractivity contribution in [2.24, 2.45) is 0 Å². The number of ether oxygens (including phenoxy) is 2. The summed E-state index contributed by atoms with van der Waals surface area (Å²) in [7, 11) is 1.57. The Morgan fingerprint density at radius 3 is 2.60 bits per heavy atom. The maximum absolute atomic E-state index is 12.1. The summed E-state index contributed by atoms with van der Waals surface area (Å²) in [4.78, 5) is 15.7. The molecule has 0 aliphatic carbocycles. The van der Waals surface area contributed by atoms with E-state index in [2.05, 4.69) is 15.0 Å². The molecule has 0 bridgehead atoms. The number of benzene rings is 1. The molecule has 0 atom stereocenters. The van der Waals surface area contributed by atoms with Crippen LogP contribution in [-0.4, -0.2) is 37.3 Å². The molecule has 0 saturated carbocycles. The predicted octanol–water partition coefficient (Wildman–Crippen LogP) is 3.00. The van der Waals surface area contributed by atoms with E-state index in [1.807, 2.05) is 24.3 Å². The lowest BCUT2D eigenvalue weighted by Gasteiger charge is -2.10. The molecule has 1 N–H and O–H groups in total. The van der Waals surface area contributed by atoms with Crippen LogP contribution in [0.2, 0.25) is 0 Å². The topological polar surface area (TPSA) is 60.5 Å². The summed E-state index contributed by atoms with van der Waals surface area (Å²) in [5, 5.41) is 2.72. The van der Waals surface area contributed by atoms with Gasteiger partial charge in [-0.15, -0.1) is 0 Å². The quantitative estimate of drug-likeness (QED) is 0.830. The van der Waals surface area contributed by atoms with Crippen LogP contribution < -0.4 is 14.8 Å². The van der Waals surface area contributed by atoms with Crippen molar-refractivity contribution in [3.05, 3.63) is 53.7 Å². The fourth-order valence-electron chi connectivity index (χ4n) is 2.08. The zero-order chi connectivity index (χ0) is 18.3. The van der Waals surface area contributed by atoms with Gasteiger partial charge in [-0.1, -0.05) is 18.2 Å². The van der Waals surface area contributed by atoms with Gasteiger partial charge >= 0.3 is 6.18 Å². The zero-order valence-electron chi connectivity index (χ0n) is 13.5. The number of halogens is 3. The number of methoxy groups -OCH3 is 1. The van der Waals surface area contributed by atoms with E-state index in [9.17, 15) is 18.0 Å². The highest BCUT2D eigenvalue weighted by Gasteiger charge is 2.28. The Morgan fingerprint density at radius 1 is 1.20 bits per heavy atom. The Morgan fingerprint density at radius 2 is 1.96 bits per heavy atom. The number of alkyl halides is 3.